The number of amides is 2. The molecular formula is C23H27N3O3. The van der Waals surface area contributed by atoms with Crippen LogP contribution in [0.15, 0.2) is 53.3 Å². The number of pyridine rings is 1. The molecule has 2 amide bonds. The lowest BCUT2D eigenvalue weighted by Gasteiger charge is -2.47. The average molecular weight is 393 g/mol. The quantitative estimate of drug-likeness (QED) is 0.849. The van der Waals surface area contributed by atoms with Gasteiger partial charge < -0.3 is 14.8 Å². The molecule has 152 valence electrons. The monoisotopic (exact) mass is 393 g/mol. The first-order valence-corrected chi connectivity index (χ1v) is 10.4. The summed E-state index contributed by atoms with van der Waals surface area (Å²) in [5.74, 6) is 0.141. The van der Waals surface area contributed by atoms with E-state index in [4.69, 9.17) is 0 Å². The first-order chi connectivity index (χ1) is 14.1. The van der Waals surface area contributed by atoms with Gasteiger partial charge in [-0.2, -0.15) is 0 Å². The molecule has 6 nitrogen and oxygen atoms in total. The molecule has 29 heavy (non-hydrogen) atoms. The molecule has 0 aliphatic carbocycles. The smallest absolute Gasteiger partial charge is 0.251 e. The predicted molar refractivity (Wildman–Crippen MR) is 111 cm³/mol. The zero-order chi connectivity index (χ0) is 20.4. The fourth-order valence-electron chi connectivity index (χ4n) is 4.87. The molecule has 2 aliphatic heterocycles. The van der Waals surface area contributed by atoms with Gasteiger partial charge in [0.15, 0.2) is 0 Å². The lowest BCUT2D eigenvalue weighted by atomic mass is 9.77. The molecule has 1 aromatic heterocycles. The maximum Gasteiger partial charge on any atom is 0.251 e. The van der Waals surface area contributed by atoms with E-state index in [0.717, 1.165) is 25.0 Å². The number of nitrogens with one attached hydrogen (secondary N) is 1. The largest absolute Gasteiger partial charge is 0.343 e. The van der Waals surface area contributed by atoms with Gasteiger partial charge in [0, 0.05) is 42.4 Å². The molecule has 3 atom stereocenters. The summed E-state index contributed by atoms with van der Waals surface area (Å²) in [6.45, 7) is 3.36. The third-order valence-electron chi connectivity index (χ3n) is 6.17. The molecule has 1 N–H and O–H groups in total. The average Bonchev–Trinajstić information content (AvgIpc) is 2.75. The second kappa shape index (κ2) is 8.23. The summed E-state index contributed by atoms with van der Waals surface area (Å²) in [5, 5.41) is 2.74. The molecule has 0 saturated carbocycles. The van der Waals surface area contributed by atoms with E-state index in [-0.39, 0.29) is 41.8 Å². The Kier molecular flexibility index (Phi) is 5.51. The van der Waals surface area contributed by atoms with Crippen molar-refractivity contribution < 1.29 is 9.59 Å². The number of fused-ring (bicyclic) bond motifs is 4. The SMILES string of the molecule is CCC[C@H]1[C@H]2C[C@H](CN(C(=O)CNC(=O)c3ccccc3)C2)c2cccc(=O)n21. The molecule has 0 spiro atoms. The van der Waals surface area contributed by atoms with E-state index < -0.39 is 0 Å². The number of carbonyl (C=O) groups is 2. The van der Waals surface area contributed by atoms with E-state index in [2.05, 4.69) is 12.2 Å². The van der Waals surface area contributed by atoms with Crippen molar-refractivity contribution in [2.75, 3.05) is 19.6 Å². The highest BCUT2D eigenvalue weighted by molar-refractivity contribution is 5.96. The van der Waals surface area contributed by atoms with Crippen molar-refractivity contribution in [1.82, 2.24) is 14.8 Å². The summed E-state index contributed by atoms with van der Waals surface area (Å²) < 4.78 is 1.97. The van der Waals surface area contributed by atoms with Crippen molar-refractivity contribution >= 4 is 11.8 Å². The molecule has 0 radical (unpaired) electrons. The summed E-state index contributed by atoms with van der Waals surface area (Å²) in [6.07, 6.45) is 2.93. The lowest BCUT2D eigenvalue weighted by Crippen LogP contribution is -2.52. The van der Waals surface area contributed by atoms with Crippen LogP contribution in [0.2, 0.25) is 0 Å². The van der Waals surface area contributed by atoms with Crippen molar-refractivity contribution in [2.24, 2.45) is 5.92 Å². The number of piperidine rings is 1. The van der Waals surface area contributed by atoms with Gasteiger partial charge in [-0.3, -0.25) is 14.4 Å². The number of aromatic nitrogens is 1. The fraction of sp³-hybridized carbons (Fsp3) is 0.435. The van der Waals surface area contributed by atoms with Gasteiger partial charge in [-0.15, -0.1) is 0 Å². The summed E-state index contributed by atoms with van der Waals surface area (Å²) in [6, 6.07) is 14.5. The van der Waals surface area contributed by atoms with Crippen molar-refractivity contribution in [2.45, 2.75) is 38.1 Å². The molecule has 2 aliphatic rings. The highest BCUT2D eigenvalue weighted by Gasteiger charge is 2.41. The Bertz CT molecular complexity index is 953. The number of hydrogen-bond donors (Lipinski definition) is 1. The number of nitrogens with zero attached hydrogens (tertiary/aromatic N) is 2. The van der Waals surface area contributed by atoms with Gasteiger partial charge in [-0.25, -0.2) is 0 Å². The number of carbonyl (C=O) groups excluding carboxylic acids is 2. The number of likely N-dealkylation sites (tertiary alicyclic amines) is 1. The van der Waals surface area contributed by atoms with Crippen LogP contribution in [0.4, 0.5) is 0 Å². The van der Waals surface area contributed by atoms with Crippen molar-refractivity contribution in [3.63, 3.8) is 0 Å². The molecule has 4 rings (SSSR count). The summed E-state index contributed by atoms with van der Waals surface area (Å²) in [7, 11) is 0. The molecule has 0 unspecified atom stereocenters. The standard InChI is InChI=1S/C23H27N3O3/c1-2-7-19-17-12-18(20-10-6-11-21(27)26(19)20)15-25(14-17)22(28)13-24-23(29)16-8-4-3-5-9-16/h3-6,8-11,17-19H,2,7,12-15H2,1H3,(H,24,29)/t17-,18+,19-/m0/s1. The van der Waals surface area contributed by atoms with Crippen LogP contribution in [-0.2, 0) is 4.79 Å². The Hall–Kier alpha value is -2.89. The van der Waals surface area contributed by atoms with Crippen LogP contribution in [0.25, 0.3) is 0 Å². The van der Waals surface area contributed by atoms with Crippen LogP contribution in [0.5, 0.6) is 0 Å². The first kappa shape index (κ1) is 19.4. The zero-order valence-corrected chi connectivity index (χ0v) is 16.7. The van der Waals surface area contributed by atoms with Crippen LogP contribution >= 0.6 is 0 Å². The van der Waals surface area contributed by atoms with Crippen LogP contribution < -0.4 is 10.9 Å². The van der Waals surface area contributed by atoms with Gasteiger partial charge in [0.2, 0.25) is 5.91 Å². The topological polar surface area (TPSA) is 71.4 Å². The minimum Gasteiger partial charge on any atom is -0.343 e. The van der Waals surface area contributed by atoms with Crippen LogP contribution in [0.1, 0.15) is 54.2 Å². The Morgan fingerprint density at radius 2 is 1.86 bits per heavy atom. The Labute approximate surface area is 170 Å². The van der Waals surface area contributed by atoms with Crippen LogP contribution in [-0.4, -0.2) is 40.9 Å². The highest BCUT2D eigenvalue weighted by Crippen LogP contribution is 2.42. The molecule has 3 heterocycles. The van der Waals surface area contributed by atoms with Crippen LogP contribution in [0, 0.1) is 5.92 Å². The Morgan fingerprint density at radius 1 is 1.07 bits per heavy atom. The third-order valence-corrected chi connectivity index (χ3v) is 6.17. The molecule has 1 saturated heterocycles. The minimum atomic E-state index is -0.239. The number of rotatable bonds is 5. The summed E-state index contributed by atoms with van der Waals surface area (Å²) in [5.41, 5.74) is 1.65. The van der Waals surface area contributed by atoms with E-state index >= 15 is 0 Å². The second-order valence-corrected chi connectivity index (χ2v) is 8.06. The molecule has 1 aromatic carbocycles. The fourth-order valence-corrected chi connectivity index (χ4v) is 4.87. The minimum absolute atomic E-state index is 0.00674. The van der Waals surface area contributed by atoms with E-state index in [9.17, 15) is 14.4 Å². The first-order valence-electron chi connectivity index (χ1n) is 10.4. The molecule has 2 bridgehead atoms. The maximum absolute atomic E-state index is 12.9. The molecular weight excluding hydrogens is 366 g/mol. The highest BCUT2D eigenvalue weighted by atomic mass is 16.2. The van der Waals surface area contributed by atoms with Crippen molar-refractivity contribution in [1.29, 1.82) is 0 Å². The van der Waals surface area contributed by atoms with Crippen LogP contribution in [0.3, 0.4) is 0 Å². The normalized spacial score (nSPS) is 22.7. The zero-order valence-electron chi connectivity index (χ0n) is 16.7. The lowest BCUT2D eigenvalue weighted by molar-refractivity contribution is -0.133. The van der Waals surface area contributed by atoms with Gasteiger partial charge in [0.1, 0.15) is 0 Å². The van der Waals surface area contributed by atoms with Gasteiger partial charge in [-0.1, -0.05) is 37.6 Å². The van der Waals surface area contributed by atoms with E-state index in [0.29, 0.717) is 18.7 Å². The Balaban J connectivity index is 1.48. The van der Waals surface area contributed by atoms with E-state index in [1.807, 2.05) is 27.7 Å². The third kappa shape index (κ3) is 3.84. The van der Waals surface area contributed by atoms with Gasteiger partial charge in [0.05, 0.1) is 6.54 Å². The summed E-state index contributed by atoms with van der Waals surface area (Å²) >= 11 is 0. The van der Waals surface area contributed by atoms with Crippen molar-refractivity contribution in [3.05, 3.63) is 70.1 Å². The van der Waals surface area contributed by atoms with Gasteiger partial charge in [0.25, 0.3) is 11.5 Å². The number of hydrogen-bond acceptors (Lipinski definition) is 3. The maximum atomic E-state index is 12.9. The van der Waals surface area contributed by atoms with E-state index in [1.54, 1.807) is 30.3 Å². The van der Waals surface area contributed by atoms with Gasteiger partial charge in [-0.05, 0) is 37.0 Å². The molecule has 6 heteroatoms. The van der Waals surface area contributed by atoms with E-state index in [1.165, 1.54) is 0 Å². The van der Waals surface area contributed by atoms with Crippen molar-refractivity contribution in [3.8, 4) is 0 Å². The predicted octanol–water partition coefficient (Wildman–Crippen LogP) is 2.57. The Morgan fingerprint density at radius 3 is 2.62 bits per heavy atom. The molecule has 1 fully saturated rings. The molecule has 2 aromatic rings. The second-order valence-electron chi connectivity index (χ2n) is 8.06. The number of benzene rings is 1. The van der Waals surface area contributed by atoms with Gasteiger partial charge >= 0.3 is 0 Å². The summed E-state index contributed by atoms with van der Waals surface area (Å²) in [4.78, 5) is 39.5.